The predicted octanol–water partition coefficient (Wildman–Crippen LogP) is 4.83. The molecule has 39 heavy (non-hydrogen) atoms. The molecule has 1 fully saturated rings. The molecule has 0 radical (unpaired) electrons. The van der Waals surface area contributed by atoms with Crippen LogP contribution in [0.25, 0.3) is 22.6 Å². The van der Waals surface area contributed by atoms with Crippen molar-refractivity contribution in [1.82, 2.24) is 25.3 Å². The summed E-state index contributed by atoms with van der Waals surface area (Å²) in [5.41, 5.74) is 2.48. The molecule has 2 aromatic carbocycles. The number of halogens is 1. The molecular formula is C29H30FN5O4. The van der Waals surface area contributed by atoms with Crippen molar-refractivity contribution in [3.63, 3.8) is 0 Å². The van der Waals surface area contributed by atoms with Crippen LogP contribution in [0.3, 0.4) is 0 Å². The lowest BCUT2D eigenvalue weighted by Crippen LogP contribution is -2.50. The summed E-state index contributed by atoms with van der Waals surface area (Å²) in [6.45, 7) is 6.24. The van der Waals surface area contributed by atoms with Crippen LogP contribution >= 0.6 is 0 Å². The molecular weight excluding hydrogens is 501 g/mol. The summed E-state index contributed by atoms with van der Waals surface area (Å²) >= 11 is 0. The van der Waals surface area contributed by atoms with Crippen molar-refractivity contribution in [1.29, 1.82) is 0 Å². The summed E-state index contributed by atoms with van der Waals surface area (Å²) in [7, 11) is 0. The fraction of sp³-hybridized carbons (Fsp3) is 0.310. The first kappa shape index (κ1) is 26.5. The van der Waals surface area contributed by atoms with Crippen LogP contribution in [0.1, 0.15) is 38.4 Å². The van der Waals surface area contributed by atoms with Gasteiger partial charge in [-0.1, -0.05) is 30.3 Å². The Labute approximate surface area is 225 Å². The normalized spacial score (nSPS) is 19.2. The van der Waals surface area contributed by atoms with Gasteiger partial charge in [0, 0.05) is 17.8 Å². The van der Waals surface area contributed by atoms with Crippen molar-refractivity contribution < 1.29 is 23.4 Å². The van der Waals surface area contributed by atoms with Gasteiger partial charge in [0.1, 0.15) is 12.4 Å². The van der Waals surface area contributed by atoms with Crippen LogP contribution in [0, 0.1) is 11.2 Å². The minimum absolute atomic E-state index is 0.00683. The highest BCUT2D eigenvalue weighted by Crippen LogP contribution is 2.35. The lowest BCUT2D eigenvalue weighted by Gasteiger charge is -2.35. The minimum atomic E-state index is -0.826. The molecule has 0 unspecified atom stereocenters. The molecule has 1 saturated heterocycles. The van der Waals surface area contributed by atoms with Gasteiger partial charge < -0.3 is 24.5 Å². The Balaban J connectivity index is 1.41. The number of hydrogen-bond donors (Lipinski definition) is 2. The van der Waals surface area contributed by atoms with E-state index >= 15 is 0 Å². The van der Waals surface area contributed by atoms with Crippen molar-refractivity contribution in [2.75, 3.05) is 13.2 Å². The van der Waals surface area contributed by atoms with E-state index in [1.54, 1.807) is 31.3 Å². The Kier molecular flexibility index (Phi) is 7.67. The number of nitrogens with zero attached hydrogens (tertiary/aromatic N) is 3. The molecule has 0 bridgehead atoms. The lowest BCUT2D eigenvalue weighted by atomic mass is 9.90. The summed E-state index contributed by atoms with van der Waals surface area (Å²) in [6, 6.07) is 17.7. The van der Waals surface area contributed by atoms with E-state index < -0.39 is 11.7 Å². The Morgan fingerprint density at radius 3 is 2.51 bits per heavy atom. The topological polar surface area (TPSA) is 111 Å². The fourth-order valence-electron chi connectivity index (χ4n) is 4.11. The van der Waals surface area contributed by atoms with Crippen LogP contribution in [0.15, 0.2) is 66.9 Å². The van der Waals surface area contributed by atoms with E-state index in [1.807, 2.05) is 44.2 Å². The number of carbonyl (C=O) groups excluding carboxylic acids is 1. The Bertz CT molecular complexity index is 1420. The molecule has 0 aliphatic carbocycles. The number of rotatable bonds is 8. The summed E-state index contributed by atoms with van der Waals surface area (Å²) in [5, 5.41) is 2.92. The molecule has 10 heteroatoms. The largest absolute Gasteiger partial charge is 0.459 e. The number of benzene rings is 2. The molecule has 5 rings (SSSR count). The number of hydrogen-bond acceptors (Lipinski definition) is 7. The molecule has 1 aliphatic heterocycles. The smallest absolute Gasteiger partial charge is 0.317 e. The number of aromatic amines is 1. The molecule has 0 spiro atoms. The van der Waals surface area contributed by atoms with Crippen LogP contribution in [0.2, 0.25) is 0 Å². The van der Waals surface area contributed by atoms with Gasteiger partial charge in [0.2, 0.25) is 12.2 Å². The van der Waals surface area contributed by atoms with Gasteiger partial charge in [0.25, 0.3) is 0 Å². The second kappa shape index (κ2) is 11.3. The van der Waals surface area contributed by atoms with Gasteiger partial charge >= 0.3 is 6.01 Å². The van der Waals surface area contributed by atoms with Crippen LogP contribution in [-0.2, 0) is 20.9 Å². The molecule has 0 saturated carbocycles. The maximum absolute atomic E-state index is 13.7. The van der Waals surface area contributed by atoms with E-state index in [-0.39, 0.29) is 37.0 Å². The predicted molar refractivity (Wildman–Crippen MR) is 142 cm³/mol. The maximum atomic E-state index is 13.7. The van der Waals surface area contributed by atoms with Gasteiger partial charge in [-0.3, -0.25) is 4.79 Å². The van der Waals surface area contributed by atoms with Crippen LogP contribution in [0.5, 0.6) is 6.01 Å². The average Bonchev–Trinajstić information content (AvgIpc) is 3.39. The maximum Gasteiger partial charge on any atom is 0.317 e. The number of amides is 1. The third kappa shape index (κ3) is 6.13. The standard InChI is InChI=1S/C29H30FN5O4/c1-18(2)32-27(36)29(3)16-38-26(39-17-29)25-34-23(20-9-11-21(30)12-10-20)24(35-25)22-13-14-31-28(33-22)37-15-19-7-5-4-6-8-19/h4-14,18,26H,15-17H2,1-3H3,(H,32,36)(H,34,35). The second-order valence-electron chi connectivity index (χ2n) is 9.99. The number of ether oxygens (including phenoxy) is 3. The van der Waals surface area contributed by atoms with Gasteiger partial charge in [-0.05, 0) is 56.7 Å². The number of H-pyrrole nitrogens is 1. The van der Waals surface area contributed by atoms with Gasteiger partial charge in [0.05, 0.1) is 35.7 Å². The third-order valence-corrected chi connectivity index (χ3v) is 6.24. The minimum Gasteiger partial charge on any atom is -0.459 e. The van der Waals surface area contributed by atoms with E-state index in [0.717, 1.165) is 5.56 Å². The quantitative estimate of drug-likeness (QED) is 0.335. The average molecular weight is 532 g/mol. The van der Waals surface area contributed by atoms with E-state index in [2.05, 4.69) is 20.3 Å². The summed E-state index contributed by atoms with van der Waals surface area (Å²) in [5.74, 6) is -0.0827. The summed E-state index contributed by atoms with van der Waals surface area (Å²) < 4.78 is 31.4. The van der Waals surface area contributed by atoms with Crippen LogP contribution in [-0.4, -0.2) is 45.1 Å². The first-order valence-electron chi connectivity index (χ1n) is 12.7. The fourth-order valence-corrected chi connectivity index (χ4v) is 4.11. The monoisotopic (exact) mass is 531 g/mol. The lowest BCUT2D eigenvalue weighted by molar-refractivity contribution is -0.231. The first-order chi connectivity index (χ1) is 18.8. The molecule has 3 heterocycles. The molecule has 2 aromatic heterocycles. The zero-order chi connectivity index (χ0) is 27.4. The summed E-state index contributed by atoms with van der Waals surface area (Å²) in [4.78, 5) is 29.5. The molecule has 1 aliphatic rings. The van der Waals surface area contributed by atoms with Gasteiger partial charge in [-0.25, -0.2) is 14.4 Å². The molecule has 0 atom stereocenters. The number of aromatic nitrogens is 4. The highest BCUT2D eigenvalue weighted by molar-refractivity contribution is 5.83. The Morgan fingerprint density at radius 1 is 1.10 bits per heavy atom. The Morgan fingerprint density at radius 2 is 1.82 bits per heavy atom. The van der Waals surface area contributed by atoms with Gasteiger partial charge in [-0.15, -0.1) is 0 Å². The molecule has 4 aromatic rings. The van der Waals surface area contributed by atoms with E-state index in [9.17, 15) is 9.18 Å². The van der Waals surface area contributed by atoms with Gasteiger partial charge in [0.15, 0.2) is 5.82 Å². The van der Waals surface area contributed by atoms with E-state index in [0.29, 0.717) is 35.1 Å². The second-order valence-corrected chi connectivity index (χ2v) is 9.99. The van der Waals surface area contributed by atoms with Crippen molar-refractivity contribution >= 4 is 5.91 Å². The van der Waals surface area contributed by atoms with Crippen molar-refractivity contribution in [2.24, 2.45) is 5.41 Å². The number of nitrogens with one attached hydrogen (secondary N) is 2. The van der Waals surface area contributed by atoms with Crippen molar-refractivity contribution in [3.8, 4) is 28.7 Å². The van der Waals surface area contributed by atoms with Gasteiger partial charge in [-0.2, -0.15) is 4.98 Å². The highest BCUT2D eigenvalue weighted by Gasteiger charge is 2.41. The van der Waals surface area contributed by atoms with Crippen molar-refractivity contribution in [2.45, 2.75) is 39.7 Å². The first-order valence-corrected chi connectivity index (χ1v) is 12.7. The summed E-state index contributed by atoms with van der Waals surface area (Å²) in [6.07, 6.45) is 0.776. The zero-order valence-corrected chi connectivity index (χ0v) is 22.0. The molecule has 2 N–H and O–H groups in total. The van der Waals surface area contributed by atoms with E-state index in [4.69, 9.17) is 19.2 Å². The molecule has 202 valence electrons. The number of imidazole rings is 1. The third-order valence-electron chi connectivity index (χ3n) is 6.24. The van der Waals surface area contributed by atoms with E-state index in [1.165, 1.54) is 12.1 Å². The number of carbonyl (C=O) groups is 1. The SMILES string of the molecule is CC(C)NC(=O)C1(C)COC(c2nc(-c3ccc(F)cc3)c(-c3ccnc(OCc4ccccc4)n3)[nH]2)OC1. The Hall–Kier alpha value is -4.15. The highest BCUT2D eigenvalue weighted by atomic mass is 19.1. The van der Waals surface area contributed by atoms with Crippen LogP contribution < -0.4 is 10.1 Å². The molecule has 1 amide bonds. The zero-order valence-electron chi connectivity index (χ0n) is 22.0. The van der Waals surface area contributed by atoms with Crippen LogP contribution in [0.4, 0.5) is 4.39 Å². The van der Waals surface area contributed by atoms with Crippen molar-refractivity contribution in [3.05, 3.63) is 84.1 Å². The molecule has 9 nitrogen and oxygen atoms in total.